The molecule has 3 aliphatic rings. The molecule has 0 spiro atoms. The van der Waals surface area contributed by atoms with Crippen molar-refractivity contribution >= 4 is 18.0 Å². The summed E-state index contributed by atoms with van der Waals surface area (Å²) in [6, 6.07) is 16.2. The molecule has 0 heterocycles. The molecular formula is C27H30N2O5. The molecule has 0 radical (unpaired) electrons. The normalized spacial score (nSPS) is 22.6. The monoisotopic (exact) mass is 462 g/mol. The summed E-state index contributed by atoms with van der Waals surface area (Å²) in [7, 11) is 0. The number of carbonyl (C=O) groups excluding carboxylic acids is 2. The summed E-state index contributed by atoms with van der Waals surface area (Å²) >= 11 is 0. The molecule has 7 nitrogen and oxygen atoms in total. The van der Waals surface area contributed by atoms with Gasteiger partial charge in [0, 0.05) is 17.9 Å². The molecule has 2 amide bonds. The van der Waals surface area contributed by atoms with Crippen LogP contribution < -0.4 is 10.6 Å². The Morgan fingerprint density at radius 1 is 0.941 bits per heavy atom. The zero-order chi connectivity index (χ0) is 23.7. The van der Waals surface area contributed by atoms with Crippen LogP contribution in [0.2, 0.25) is 0 Å². The molecule has 34 heavy (non-hydrogen) atoms. The lowest BCUT2D eigenvalue weighted by Crippen LogP contribution is -2.60. The number of rotatable bonds is 6. The van der Waals surface area contributed by atoms with E-state index in [0.29, 0.717) is 25.7 Å². The van der Waals surface area contributed by atoms with Crippen LogP contribution in [-0.4, -0.2) is 41.3 Å². The maximum Gasteiger partial charge on any atom is 0.407 e. The number of ether oxygens (including phenoxy) is 1. The van der Waals surface area contributed by atoms with Gasteiger partial charge in [0.2, 0.25) is 5.91 Å². The molecular weight excluding hydrogens is 432 g/mol. The summed E-state index contributed by atoms with van der Waals surface area (Å²) in [6.07, 6.45) is 4.04. The van der Waals surface area contributed by atoms with Crippen molar-refractivity contribution in [2.75, 3.05) is 6.61 Å². The highest BCUT2D eigenvalue weighted by atomic mass is 16.5. The first-order valence-electron chi connectivity index (χ1n) is 12.1. The lowest BCUT2D eigenvalue weighted by Gasteiger charge is -2.40. The second-order valence-corrected chi connectivity index (χ2v) is 9.76. The topological polar surface area (TPSA) is 105 Å². The first-order chi connectivity index (χ1) is 16.5. The fourth-order valence-corrected chi connectivity index (χ4v) is 5.63. The first kappa shape index (κ1) is 22.4. The third kappa shape index (κ3) is 4.15. The molecule has 2 aromatic rings. The van der Waals surface area contributed by atoms with Gasteiger partial charge in [-0.15, -0.1) is 0 Å². The van der Waals surface area contributed by atoms with Crippen LogP contribution in [0.3, 0.4) is 0 Å². The van der Waals surface area contributed by atoms with E-state index in [1.165, 1.54) is 11.1 Å². The van der Waals surface area contributed by atoms with Gasteiger partial charge in [0.1, 0.15) is 12.1 Å². The maximum absolute atomic E-state index is 12.8. The second-order valence-electron chi connectivity index (χ2n) is 9.76. The molecule has 2 fully saturated rings. The lowest BCUT2D eigenvalue weighted by molar-refractivity contribution is -0.152. The van der Waals surface area contributed by atoms with Crippen molar-refractivity contribution in [1.82, 2.24) is 10.6 Å². The number of alkyl carbamates (subject to hydrolysis) is 1. The Bertz CT molecular complexity index is 1060. The molecule has 3 N–H and O–H groups in total. The van der Waals surface area contributed by atoms with E-state index in [1.807, 2.05) is 24.3 Å². The van der Waals surface area contributed by atoms with Crippen molar-refractivity contribution in [3.63, 3.8) is 0 Å². The van der Waals surface area contributed by atoms with Crippen LogP contribution >= 0.6 is 0 Å². The van der Waals surface area contributed by atoms with Crippen LogP contribution in [0.4, 0.5) is 4.79 Å². The first-order valence-corrected chi connectivity index (χ1v) is 12.1. The molecule has 2 saturated carbocycles. The number of carbonyl (C=O) groups is 3. The number of fused-ring (bicyclic) bond motifs is 3. The van der Waals surface area contributed by atoms with Crippen molar-refractivity contribution in [1.29, 1.82) is 0 Å². The Kier molecular flexibility index (Phi) is 6.02. The minimum Gasteiger partial charge on any atom is -0.480 e. The van der Waals surface area contributed by atoms with Gasteiger partial charge < -0.3 is 20.5 Å². The van der Waals surface area contributed by atoms with E-state index in [4.69, 9.17) is 4.74 Å². The highest BCUT2D eigenvalue weighted by Crippen LogP contribution is 2.44. The van der Waals surface area contributed by atoms with Gasteiger partial charge in [-0.1, -0.05) is 55.0 Å². The number of carboxylic acid groups (broad SMARTS) is 1. The van der Waals surface area contributed by atoms with Crippen molar-refractivity contribution in [2.45, 2.75) is 62.4 Å². The van der Waals surface area contributed by atoms with Crippen molar-refractivity contribution in [3.05, 3.63) is 59.7 Å². The molecule has 0 aliphatic heterocycles. The van der Waals surface area contributed by atoms with Crippen LogP contribution in [-0.2, 0) is 14.3 Å². The smallest absolute Gasteiger partial charge is 0.407 e. The van der Waals surface area contributed by atoms with Crippen LogP contribution in [0.15, 0.2) is 48.5 Å². The van der Waals surface area contributed by atoms with E-state index in [-0.39, 0.29) is 30.4 Å². The van der Waals surface area contributed by atoms with Gasteiger partial charge in [0.05, 0.1) is 0 Å². The summed E-state index contributed by atoms with van der Waals surface area (Å²) in [4.78, 5) is 37.0. The van der Waals surface area contributed by atoms with Gasteiger partial charge >= 0.3 is 12.1 Å². The minimum atomic E-state index is -1.11. The zero-order valence-corrected chi connectivity index (χ0v) is 19.1. The zero-order valence-electron chi connectivity index (χ0n) is 19.1. The van der Waals surface area contributed by atoms with Gasteiger partial charge in [-0.05, 0) is 60.8 Å². The van der Waals surface area contributed by atoms with Crippen molar-refractivity contribution < 1.29 is 24.2 Å². The average molecular weight is 463 g/mol. The molecule has 2 atom stereocenters. The highest BCUT2D eigenvalue weighted by molar-refractivity contribution is 5.89. The van der Waals surface area contributed by atoms with Crippen molar-refractivity contribution in [3.8, 4) is 11.1 Å². The quantitative estimate of drug-likeness (QED) is 0.597. The Morgan fingerprint density at radius 3 is 2.18 bits per heavy atom. The Hall–Kier alpha value is -3.35. The molecule has 178 valence electrons. The Morgan fingerprint density at radius 2 is 1.59 bits per heavy atom. The predicted molar refractivity (Wildman–Crippen MR) is 126 cm³/mol. The van der Waals surface area contributed by atoms with Gasteiger partial charge in [-0.2, -0.15) is 0 Å². The number of aliphatic carboxylic acids is 1. The van der Waals surface area contributed by atoms with Gasteiger partial charge in [-0.25, -0.2) is 9.59 Å². The number of carboxylic acids is 1. The summed E-state index contributed by atoms with van der Waals surface area (Å²) < 4.78 is 5.65. The third-order valence-electron chi connectivity index (χ3n) is 7.69. The SMILES string of the molecule is O=C(NC1CCCC(C(=O)NC2(C(=O)O)CCC2)C1)OCC1c2ccccc2-c2ccccc21. The summed E-state index contributed by atoms with van der Waals surface area (Å²) in [6.45, 7) is 0.248. The van der Waals surface area contributed by atoms with Crippen LogP contribution in [0.5, 0.6) is 0 Å². The molecule has 7 heteroatoms. The number of amides is 2. The van der Waals surface area contributed by atoms with Gasteiger partial charge in [-0.3, -0.25) is 4.79 Å². The second kappa shape index (κ2) is 9.12. The van der Waals surface area contributed by atoms with E-state index in [9.17, 15) is 19.5 Å². The predicted octanol–water partition coefficient (Wildman–Crippen LogP) is 4.21. The third-order valence-corrected chi connectivity index (χ3v) is 7.69. The van der Waals surface area contributed by atoms with E-state index >= 15 is 0 Å². The summed E-state index contributed by atoms with van der Waals surface area (Å²) in [5.41, 5.74) is 3.57. The Labute approximate surface area is 198 Å². The maximum atomic E-state index is 12.8. The van der Waals surface area contributed by atoms with E-state index in [1.54, 1.807) is 0 Å². The van der Waals surface area contributed by atoms with Gasteiger partial charge in [0.15, 0.2) is 0 Å². The largest absolute Gasteiger partial charge is 0.480 e. The van der Waals surface area contributed by atoms with Crippen LogP contribution in [0.1, 0.15) is 62.0 Å². The number of benzene rings is 2. The molecule has 5 rings (SSSR count). The average Bonchev–Trinajstić information content (AvgIpc) is 3.13. The summed E-state index contributed by atoms with van der Waals surface area (Å²) in [5.74, 6) is -1.49. The number of hydrogen-bond acceptors (Lipinski definition) is 4. The van der Waals surface area contributed by atoms with Gasteiger partial charge in [0.25, 0.3) is 0 Å². The van der Waals surface area contributed by atoms with Crippen LogP contribution in [0, 0.1) is 5.92 Å². The molecule has 2 unspecified atom stereocenters. The van der Waals surface area contributed by atoms with Crippen molar-refractivity contribution in [2.24, 2.45) is 5.92 Å². The Balaban J connectivity index is 1.16. The van der Waals surface area contributed by atoms with Crippen LogP contribution in [0.25, 0.3) is 11.1 Å². The summed E-state index contributed by atoms with van der Waals surface area (Å²) in [5, 5.41) is 15.2. The molecule has 3 aliphatic carbocycles. The molecule has 0 aromatic heterocycles. The van der Waals surface area contributed by atoms with E-state index in [0.717, 1.165) is 30.4 Å². The highest BCUT2D eigenvalue weighted by Gasteiger charge is 2.46. The molecule has 0 bridgehead atoms. The fraction of sp³-hybridized carbons (Fsp3) is 0.444. The van der Waals surface area contributed by atoms with E-state index in [2.05, 4.69) is 34.9 Å². The number of hydrogen-bond donors (Lipinski definition) is 3. The minimum absolute atomic E-state index is 0.00211. The lowest BCUT2D eigenvalue weighted by atomic mass is 9.75. The molecule has 0 saturated heterocycles. The van der Waals surface area contributed by atoms with E-state index < -0.39 is 17.6 Å². The standard InChI is InChI=1S/C27H30N2O5/c30-24(29-27(25(31)32)13-6-14-27)17-7-5-8-18(15-17)28-26(33)34-16-23-21-11-3-1-9-19(21)20-10-2-4-12-22(20)23/h1-4,9-12,17-18,23H,5-8,13-16H2,(H,28,33)(H,29,30)(H,31,32). The fourth-order valence-electron chi connectivity index (χ4n) is 5.63. The number of nitrogens with one attached hydrogen (secondary N) is 2. The molecule has 2 aromatic carbocycles.